The van der Waals surface area contributed by atoms with Crippen molar-refractivity contribution in [1.82, 2.24) is 0 Å². The van der Waals surface area contributed by atoms with E-state index in [9.17, 15) is 13.2 Å². The molecule has 1 fully saturated rings. The van der Waals surface area contributed by atoms with Crippen LogP contribution in [0.5, 0.6) is 5.75 Å². The molecule has 0 spiro atoms. The smallest absolute Gasteiger partial charge is 0.429 e. The Labute approximate surface area is 105 Å². The van der Waals surface area contributed by atoms with Crippen LogP contribution in [0.2, 0.25) is 0 Å². The third-order valence-electron chi connectivity index (χ3n) is 2.30. The summed E-state index contributed by atoms with van der Waals surface area (Å²) in [7, 11) is -3.58. The highest BCUT2D eigenvalue weighted by molar-refractivity contribution is 7.86. The zero-order valence-electron chi connectivity index (χ0n) is 9.44. The van der Waals surface area contributed by atoms with Crippen molar-refractivity contribution >= 4 is 16.3 Å². The lowest BCUT2D eigenvalue weighted by Gasteiger charge is -2.21. The molecule has 6 nitrogen and oxygen atoms in total. The Balaban J connectivity index is 1.88. The minimum atomic E-state index is -3.58. The van der Waals surface area contributed by atoms with Crippen LogP contribution in [-0.2, 0) is 19.0 Å². The fourth-order valence-electron chi connectivity index (χ4n) is 1.50. The number of para-hydroxylation sites is 1. The molecule has 0 N–H and O–H groups in total. The van der Waals surface area contributed by atoms with Gasteiger partial charge in [-0.25, -0.2) is 4.79 Å². The number of hydrogen-bond acceptors (Lipinski definition) is 6. The minimum absolute atomic E-state index is 0.0195. The summed E-state index contributed by atoms with van der Waals surface area (Å²) in [5.74, 6) is 0.00841. The molecule has 1 aliphatic heterocycles. The van der Waals surface area contributed by atoms with Crippen LogP contribution in [0.4, 0.5) is 4.79 Å². The molecule has 1 unspecified atom stereocenters. The number of rotatable bonds is 2. The molecule has 0 bridgehead atoms. The van der Waals surface area contributed by atoms with Crippen molar-refractivity contribution in [3.63, 3.8) is 0 Å². The first-order valence-electron chi connectivity index (χ1n) is 5.36. The van der Waals surface area contributed by atoms with Crippen LogP contribution >= 0.6 is 0 Å². The lowest BCUT2D eigenvalue weighted by atomic mass is 10.3. The third-order valence-corrected chi connectivity index (χ3v) is 3.61. The zero-order chi connectivity index (χ0) is 13.0. The number of hydrogen-bond donors (Lipinski definition) is 0. The quantitative estimate of drug-likeness (QED) is 0.459. The molecule has 1 aromatic rings. The van der Waals surface area contributed by atoms with Crippen LogP contribution < -0.4 is 4.74 Å². The lowest BCUT2D eigenvalue weighted by Crippen LogP contribution is -2.34. The van der Waals surface area contributed by atoms with E-state index in [0.717, 1.165) is 0 Å². The molecule has 1 aromatic carbocycles. The summed E-state index contributed by atoms with van der Waals surface area (Å²) < 4.78 is 36.6. The van der Waals surface area contributed by atoms with Crippen LogP contribution in [0.1, 0.15) is 6.42 Å². The van der Waals surface area contributed by atoms with Gasteiger partial charge < -0.3 is 9.47 Å². The van der Waals surface area contributed by atoms with Crippen LogP contribution in [0, 0.1) is 0 Å². The van der Waals surface area contributed by atoms with E-state index in [1.807, 2.05) is 0 Å². The summed E-state index contributed by atoms with van der Waals surface area (Å²) in [6, 6.07) is 8.40. The second kappa shape index (κ2) is 5.36. The normalized spacial score (nSPS) is 22.1. The molecule has 0 aliphatic carbocycles. The van der Waals surface area contributed by atoms with Gasteiger partial charge >= 0.3 is 6.16 Å². The Morgan fingerprint density at radius 2 is 2.00 bits per heavy atom. The van der Waals surface area contributed by atoms with Gasteiger partial charge in [-0.05, 0) is 12.1 Å². The average Bonchev–Trinajstić information content (AvgIpc) is 2.28. The summed E-state index contributed by atoms with van der Waals surface area (Å²) in [5, 5.41) is 0. The summed E-state index contributed by atoms with van der Waals surface area (Å²) in [4.78, 5) is 11.4. The van der Waals surface area contributed by atoms with Crippen molar-refractivity contribution in [3.8, 4) is 5.75 Å². The first-order chi connectivity index (χ1) is 8.55. The molecule has 7 heteroatoms. The SMILES string of the molecule is O=C(Oc1ccccc1)OC1CCOS(=O)(=O)C1. The summed E-state index contributed by atoms with van der Waals surface area (Å²) in [6.07, 6.45) is -1.30. The Bertz CT molecular complexity index is 510. The first kappa shape index (κ1) is 12.8. The molecular weight excluding hydrogens is 260 g/mol. The Morgan fingerprint density at radius 1 is 1.28 bits per heavy atom. The topological polar surface area (TPSA) is 78.9 Å². The van der Waals surface area contributed by atoms with Gasteiger partial charge in [0.15, 0.2) is 0 Å². The number of benzene rings is 1. The summed E-state index contributed by atoms with van der Waals surface area (Å²) >= 11 is 0. The van der Waals surface area contributed by atoms with E-state index in [4.69, 9.17) is 9.47 Å². The van der Waals surface area contributed by atoms with E-state index < -0.39 is 22.4 Å². The zero-order valence-corrected chi connectivity index (χ0v) is 10.3. The van der Waals surface area contributed by atoms with Gasteiger partial charge in [0.1, 0.15) is 17.6 Å². The predicted molar refractivity (Wildman–Crippen MR) is 61.7 cm³/mol. The first-order valence-corrected chi connectivity index (χ1v) is 6.93. The summed E-state index contributed by atoms with van der Waals surface area (Å²) in [6.45, 7) is 0.0195. The maximum atomic E-state index is 11.4. The van der Waals surface area contributed by atoms with Gasteiger partial charge in [0, 0.05) is 6.42 Å². The van der Waals surface area contributed by atoms with Gasteiger partial charge in [-0.2, -0.15) is 8.42 Å². The standard InChI is InChI=1S/C11H12O6S/c12-11(16-9-4-2-1-3-5-9)17-10-6-7-15-18(13,14)8-10/h1-5,10H,6-8H2. The van der Waals surface area contributed by atoms with E-state index in [1.165, 1.54) is 0 Å². The lowest BCUT2D eigenvalue weighted by molar-refractivity contribution is 0.0508. The molecule has 1 heterocycles. The molecule has 98 valence electrons. The van der Waals surface area contributed by atoms with Gasteiger partial charge in [0.2, 0.25) is 0 Å². The molecule has 0 radical (unpaired) electrons. The van der Waals surface area contributed by atoms with Crippen molar-refractivity contribution in [3.05, 3.63) is 30.3 Å². The molecule has 2 rings (SSSR count). The predicted octanol–water partition coefficient (Wildman–Crippen LogP) is 1.32. The molecule has 1 atom stereocenters. The van der Waals surface area contributed by atoms with Gasteiger partial charge in [-0.1, -0.05) is 18.2 Å². The largest absolute Gasteiger partial charge is 0.514 e. The van der Waals surface area contributed by atoms with Crippen LogP contribution in [-0.4, -0.2) is 33.0 Å². The second-order valence-corrected chi connectivity index (χ2v) is 5.42. The van der Waals surface area contributed by atoms with E-state index >= 15 is 0 Å². The Morgan fingerprint density at radius 3 is 2.67 bits per heavy atom. The Hall–Kier alpha value is -1.60. The van der Waals surface area contributed by atoms with Gasteiger partial charge in [-0.15, -0.1) is 0 Å². The highest BCUT2D eigenvalue weighted by Crippen LogP contribution is 2.15. The third kappa shape index (κ3) is 3.71. The minimum Gasteiger partial charge on any atom is -0.429 e. The number of carbonyl (C=O) groups excluding carboxylic acids is 1. The van der Waals surface area contributed by atoms with Crippen molar-refractivity contribution in [1.29, 1.82) is 0 Å². The fraction of sp³-hybridized carbons (Fsp3) is 0.364. The number of carbonyl (C=O) groups is 1. The monoisotopic (exact) mass is 272 g/mol. The molecular formula is C11H12O6S. The molecule has 0 aromatic heterocycles. The molecule has 1 aliphatic rings. The van der Waals surface area contributed by atoms with Crippen molar-refractivity contribution in [2.45, 2.75) is 12.5 Å². The Kier molecular flexibility index (Phi) is 3.83. The maximum Gasteiger partial charge on any atom is 0.514 e. The maximum absolute atomic E-state index is 11.4. The van der Waals surface area contributed by atoms with E-state index in [2.05, 4.69) is 4.18 Å². The van der Waals surface area contributed by atoms with Gasteiger partial charge in [-0.3, -0.25) is 4.18 Å². The van der Waals surface area contributed by atoms with E-state index in [0.29, 0.717) is 12.2 Å². The van der Waals surface area contributed by atoms with Crippen LogP contribution in [0.15, 0.2) is 30.3 Å². The molecule has 0 amide bonds. The highest BCUT2D eigenvalue weighted by atomic mass is 32.2. The number of ether oxygens (including phenoxy) is 2. The average molecular weight is 272 g/mol. The highest BCUT2D eigenvalue weighted by Gasteiger charge is 2.29. The van der Waals surface area contributed by atoms with Gasteiger partial charge in [0.05, 0.1) is 6.61 Å². The van der Waals surface area contributed by atoms with Gasteiger partial charge in [0.25, 0.3) is 10.1 Å². The van der Waals surface area contributed by atoms with Crippen LogP contribution in [0.3, 0.4) is 0 Å². The van der Waals surface area contributed by atoms with E-state index in [-0.39, 0.29) is 12.4 Å². The van der Waals surface area contributed by atoms with Crippen molar-refractivity contribution in [2.24, 2.45) is 0 Å². The second-order valence-electron chi connectivity index (χ2n) is 3.74. The molecule has 0 saturated carbocycles. The molecule has 1 saturated heterocycles. The summed E-state index contributed by atoms with van der Waals surface area (Å²) in [5.41, 5.74) is 0. The van der Waals surface area contributed by atoms with Crippen LogP contribution in [0.25, 0.3) is 0 Å². The molecule has 18 heavy (non-hydrogen) atoms. The van der Waals surface area contributed by atoms with Crippen molar-refractivity contribution in [2.75, 3.05) is 12.4 Å². The fourth-order valence-corrected chi connectivity index (χ4v) is 2.64. The van der Waals surface area contributed by atoms with Crippen molar-refractivity contribution < 1.29 is 26.9 Å². The van der Waals surface area contributed by atoms with E-state index in [1.54, 1.807) is 30.3 Å².